The van der Waals surface area contributed by atoms with Gasteiger partial charge in [-0.25, -0.2) is 4.98 Å². The molecule has 0 radical (unpaired) electrons. The van der Waals surface area contributed by atoms with E-state index in [1.54, 1.807) is 12.1 Å². The Hall–Kier alpha value is -3.14. The Bertz CT molecular complexity index is 1150. The van der Waals surface area contributed by atoms with Gasteiger partial charge in [0.1, 0.15) is 17.1 Å². The number of nitrogens with one attached hydrogen (secondary N) is 1. The number of methoxy groups -OCH3 is 1. The first kappa shape index (κ1) is 24.0. The SMILES string of the molecule is CCN1CCC(CCn2cc3cc(NC(=O)c4cccc(C(F)(F)F)n4)c(OC)cc3n2)CC1. The molecule has 7 nitrogen and oxygen atoms in total. The summed E-state index contributed by atoms with van der Waals surface area (Å²) in [4.78, 5) is 18.5. The quantitative estimate of drug-likeness (QED) is 0.530. The minimum atomic E-state index is -4.63. The summed E-state index contributed by atoms with van der Waals surface area (Å²) < 4.78 is 46.1. The van der Waals surface area contributed by atoms with E-state index in [1.165, 1.54) is 26.0 Å². The van der Waals surface area contributed by atoms with E-state index in [2.05, 4.69) is 27.2 Å². The Morgan fingerprint density at radius 3 is 2.68 bits per heavy atom. The fourth-order valence-electron chi connectivity index (χ4n) is 4.30. The molecule has 2 aromatic heterocycles. The number of aromatic nitrogens is 3. The van der Waals surface area contributed by atoms with Crippen molar-refractivity contribution in [1.82, 2.24) is 19.7 Å². The van der Waals surface area contributed by atoms with E-state index in [4.69, 9.17) is 4.74 Å². The number of likely N-dealkylation sites (tertiary alicyclic amines) is 1. The molecule has 1 aromatic carbocycles. The zero-order valence-electron chi connectivity index (χ0n) is 19.2. The van der Waals surface area contributed by atoms with Crippen LogP contribution in [-0.2, 0) is 12.7 Å². The first-order valence-corrected chi connectivity index (χ1v) is 11.4. The van der Waals surface area contributed by atoms with Crippen LogP contribution in [0, 0.1) is 5.92 Å². The van der Waals surface area contributed by atoms with Crippen molar-refractivity contribution in [3.63, 3.8) is 0 Å². The summed E-state index contributed by atoms with van der Waals surface area (Å²) in [6.45, 7) is 6.37. The molecule has 34 heavy (non-hydrogen) atoms. The first-order valence-electron chi connectivity index (χ1n) is 11.4. The number of amides is 1. The number of aryl methyl sites for hydroxylation is 1. The van der Waals surface area contributed by atoms with Gasteiger partial charge in [0, 0.05) is 24.2 Å². The lowest BCUT2D eigenvalue weighted by atomic mass is 9.93. The molecule has 3 aromatic rings. The van der Waals surface area contributed by atoms with Gasteiger partial charge < -0.3 is 15.0 Å². The van der Waals surface area contributed by atoms with Gasteiger partial charge >= 0.3 is 6.18 Å². The number of fused-ring (bicyclic) bond motifs is 1. The molecule has 0 unspecified atom stereocenters. The van der Waals surface area contributed by atoms with E-state index in [-0.39, 0.29) is 5.69 Å². The molecule has 10 heteroatoms. The van der Waals surface area contributed by atoms with Gasteiger partial charge in [-0.05, 0) is 63.0 Å². The molecule has 1 fully saturated rings. The molecule has 0 saturated carbocycles. The van der Waals surface area contributed by atoms with Crippen molar-refractivity contribution in [1.29, 1.82) is 0 Å². The van der Waals surface area contributed by atoms with Crippen LogP contribution < -0.4 is 10.1 Å². The number of nitrogens with zero attached hydrogens (tertiary/aromatic N) is 4. The molecular weight excluding hydrogens is 447 g/mol. The van der Waals surface area contributed by atoms with Crippen molar-refractivity contribution in [3.8, 4) is 5.75 Å². The standard InChI is InChI=1S/C24H28F3N5O2/c1-3-31-10-7-16(8-11-31)9-12-32-15-17-13-20(21(34-2)14-19(17)30-32)29-23(33)18-5-4-6-22(28-18)24(25,26)27/h4-6,13-16H,3,7-12H2,1-2H3,(H,29,33). The summed E-state index contributed by atoms with van der Waals surface area (Å²) in [6, 6.07) is 6.63. The van der Waals surface area contributed by atoms with E-state index in [1.807, 2.05) is 10.9 Å². The lowest BCUT2D eigenvalue weighted by Crippen LogP contribution is -2.33. The van der Waals surface area contributed by atoms with Crippen LogP contribution in [0.3, 0.4) is 0 Å². The van der Waals surface area contributed by atoms with Gasteiger partial charge in [0.05, 0.1) is 18.3 Å². The number of carbonyl (C=O) groups excluding carboxylic acids is 1. The molecule has 0 bridgehead atoms. The Morgan fingerprint density at radius 2 is 2.00 bits per heavy atom. The van der Waals surface area contributed by atoms with Crippen LogP contribution in [0.2, 0.25) is 0 Å². The molecule has 182 valence electrons. The third-order valence-electron chi connectivity index (χ3n) is 6.31. The maximum absolute atomic E-state index is 12.9. The average molecular weight is 476 g/mol. The Balaban J connectivity index is 1.47. The third kappa shape index (κ3) is 5.49. The van der Waals surface area contributed by atoms with Crippen LogP contribution in [0.15, 0.2) is 36.5 Å². The van der Waals surface area contributed by atoms with Crippen LogP contribution >= 0.6 is 0 Å². The number of ether oxygens (including phenoxy) is 1. The molecule has 0 spiro atoms. The van der Waals surface area contributed by atoms with E-state index in [0.717, 1.165) is 50.1 Å². The number of pyridine rings is 1. The lowest BCUT2D eigenvalue weighted by Gasteiger charge is -2.30. The number of halogens is 3. The number of piperidine rings is 1. The molecule has 1 amide bonds. The highest BCUT2D eigenvalue weighted by molar-refractivity contribution is 6.05. The highest BCUT2D eigenvalue weighted by Crippen LogP contribution is 2.31. The highest BCUT2D eigenvalue weighted by Gasteiger charge is 2.33. The second kappa shape index (κ2) is 10.0. The fourth-order valence-corrected chi connectivity index (χ4v) is 4.30. The smallest absolute Gasteiger partial charge is 0.433 e. The van der Waals surface area contributed by atoms with E-state index in [0.29, 0.717) is 22.9 Å². The molecule has 1 saturated heterocycles. The van der Waals surface area contributed by atoms with Crippen molar-refractivity contribution in [2.75, 3.05) is 32.1 Å². The van der Waals surface area contributed by atoms with Crippen LogP contribution in [0.4, 0.5) is 18.9 Å². The second-order valence-electron chi connectivity index (χ2n) is 8.53. The number of anilines is 1. The molecule has 1 aliphatic rings. The summed E-state index contributed by atoms with van der Waals surface area (Å²) in [5, 5.41) is 8.05. The lowest BCUT2D eigenvalue weighted by molar-refractivity contribution is -0.141. The summed E-state index contributed by atoms with van der Waals surface area (Å²) >= 11 is 0. The predicted octanol–water partition coefficient (Wildman–Crippen LogP) is 4.83. The number of rotatable bonds is 7. The number of carbonyl (C=O) groups is 1. The topological polar surface area (TPSA) is 72.3 Å². The van der Waals surface area contributed by atoms with Crippen molar-refractivity contribution in [2.45, 2.75) is 38.9 Å². The van der Waals surface area contributed by atoms with Crippen LogP contribution in [0.25, 0.3) is 10.9 Å². The predicted molar refractivity (Wildman–Crippen MR) is 123 cm³/mol. The number of alkyl halides is 3. The van der Waals surface area contributed by atoms with Gasteiger partial charge in [-0.1, -0.05) is 13.0 Å². The largest absolute Gasteiger partial charge is 0.494 e. The molecule has 3 heterocycles. The van der Waals surface area contributed by atoms with Crippen molar-refractivity contribution >= 4 is 22.5 Å². The van der Waals surface area contributed by atoms with Crippen molar-refractivity contribution in [3.05, 3.63) is 47.9 Å². The van der Waals surface area contributed by atoms with Crippen molar-refractivity contribution < 1.29 is 22.7 Å². The van der Waals surface area contributed by atoms with Gasteiger partial charge in [0.2, 0.25) is 0 Å². The van der Waals surface area contributed by atoms with Crippen LogP contribution in [0.5, 0.6) is 5.75 Å². The van der Waals surface area contributed by atoms with Crippen LogP contribution in [-0.4, -0.2) is 52.3 Å². The second-order valence-corrected chi connectivity index (χ2v) is 8.53. The Morgan fingerprint density at radius 1 is 1.24 bits per heavy atom. The number of hydrogen-bond acceptors (Lipinski definition) is 5. The number of hydrogen-bond donors (Lipinski definition) is 1. The molecule has 4 rings (SSSR count). The summed E-state index contributed by atoms with van der Waals surface area (Å²) in [7, 11) is 1.46. The first-order chi connectivity index (χ1) is 16.3. The highest BCUT2D eigenvalue weighted by atomic mass is 19.4. The molecule has 0 atom stereocenters. The molecule has 0 aliphatic carbocycles. The monoisotopic (exact) mass is 475 g/mol. The van der Waals surface area contributed by atoms with E-state index >= 15 is 0 Å². The average Bonchev–Trinajstić information content (AvgIpc) is 3.23. The molecular formula is C24H28F3N5O2. The van der Waals surface area contributed by atoms with Gasteiger partial charge in [-0.3, -0.25) is 9.48 Å². The Labute approximate surface area is 195 Å². The zero-order valence-corrected chi connectivity index (χ0v) is 19.2. The third-order valence-corrected chi connectivity index (χ3v) is 6.31. The normalized spacial score (nSPS) is 15.6. The van der Waals surface area contributed by atoms with Gasteiger partial charge in [-0.2, -0.15) is 18.3 Å². The maximum atomic E-state index is 12.9. The zero-order chi connectivity index (χ0) is 24.3. The number of benzene rings is 1. The molecule has 1 N–H and O–H groups in total. The summed E-state index contributed by atoms with van der Waals surface area (Å²) in [5.74, 6) is 0.291. The maximum Gasteiger partial charge on any atom is 0.433 e. The minimum absolute atomic E-state index is 0.332. The van der Waals surface area contributed by atoms with E-state index < -0.39 is 17.8 Å². The minimum Gasteiger partial charge on any atom is -0.494 e. The van der Waals surface area contributed by atoms with Gasteiger partial charge in [0.15, 0.2) is 0 Å². The fraction of sp³-hybridized carbons (Fsp3) is 0.458. The van der Waals surface area contributed by atoms with Gasteiger partial charge in [-0.15, -0.1) is 0 Å². The Kier molecular flexibility index (Phi) is 7.06. The van der Waals surface area contributed by atoms with Gasteiger partial charge in [0.25, 0.3) is 5.91 Å². The summed E-state index contributed by atoms with van der Waals surface area (Å²) in [5.41, 5.74) is -0.399. The summed E-state index contributed by atoms with van der Waals surface area (Å²) in [6.07, 6.45) is 0.723. The molecule has 1 aliphatic heterocycles. The van der Waals surface area contributed by atoms with Crippen LogP contribution in [0.1, 0.15) is 42.4 Å². The van der Waals surface area contributed by atoms with Crippen molar-refractivity contribution in [2.24, 2.45) is 5.92 Å². The van der Waals surface area contributed by atoms with E-state index in [9.17, 15) is 18.0 Å².